The van der Waals surface area contributed by atoms with Crippen LogP contribution in [0.3, 0.4) is 0 Å². The van der Waals surface area contributed by atoms with E-state index in [1.165, 1.54) is 16.7 Å². The summed E-state index contributed by atoms with van der Waals surface area (Å²) in [6, 6.07) is 2.05. The van der Waals surface area contributed by atoms with Gasteiger partial charge in [0.1, 0.15) is 5.75 Å². The number of aryl methyl sites for hydroxylation is 1. The molecule has 0 aliphatic carbocycles. The normalized spacial score (nSPS) is 13.1. The standard InChI is InChI=1S/C22H39BO3/c1-11-12-13-15-14-16(26-23(24)25)18(21(5,6)7)19(22(8,9)10)17(15)20(2,3)4/h14,24-25H,11-13H2,1-10H3. The molecule has 0 atom stereocenters. The van der Waals surface area contributed by atoms with Crippen molar-refractivity contribution in [2.45, 2.75) is 105 Å². The van der Waals surface area contributed by atoms with E-state index in [-0.39, 0.29) is 16.2 Å². The van der Waals surface area contributed by atoms with E-state index in [0.29, 0.717) is 5.75 Å². The van der Waals surface area contributed by atoms with Gasteiger partial charge in [0, 0.05) is 5.56 Å². The fraction of sp³-hybridized carbons (Fsp3) is 0.727. The van der Waals surface area contributed by atoms with Crippen LogP contribution in [0.1, 0.15) is 104 Å². The van der Waals surface area contributed by atoms with E-state index >= 15 is 0 Å². The van der Waals surface area contributed by atoms with Crippen molar-refractivity contribution >= 4 is 7.32 Å². The second-order valence-corrected chi connectivity index (χ2v) is 10.5. The Balaban J connectivity index is 4.03. The van der Waals surface area contributed by atoms with Crippen molar-refractivity contribution in [3.05, 3.63) is 28.3 Å². The highest BCUT2D eigenvalue weighted by Crippen LogP contribution is 2.47. The molecular weight excluding hydrogens is 323 g/mol. The lowest BCUT2D eigenvalue weighted by Crippen LogP contribution is -2.32. The molecule has 0 aromatic heterocycles. The van der Waals surface area contributed by atoms with Gasteiger partial charge >= 0.3 is 7.32 Å². The topological polar surface area (TPSA) is 49.7 Å². The van der Waals surface area contributed by atoms with Gasteiger partial charge in [0.15, 0.2) is 0 Å². The zero-order valence-electron chi connectivity index (χ0n) is 18.6. The molecule has 0 saturated carbocycles. The Hall–Kier alpha value is -0.995. The third kappa shape index (κ3) is 5.50. The summed E-state index contributed by atoms with van der Waals surface area (Å²) in [7, 11) is -1.82. The van der Waals surface area contributed by atoms with Crippen LogP contribution < -0.4 is 4.65 Å². The summed E-state index contributed by atoms with van der Waals surface area (Å²) in [5.74, 6) is 0.594. The Labute approximate surface area is 161 Å². The highest BCUT2D eigenvalue weighted by molar-refractivity contribution is 6.33. The molecule has 0 bridgehead atoms. The van der Waals surface area contributed by atoms with Crippen molar-refractivity contribution in [3.63, 3.8) is 0 Å². The summed E-state index contributed by atoms with van der Waals surface area (Å²) in [5.41, 5.74) is 4.70. The summed E-state index contributed by atoms with van der Waals surface area (Å²) in [4.78, 5) is 0. The first-order valence-electron chi connectivity index (χ1n) is 9.84. The summed E-state index contributed by atoms with van der Waals surface area (Å²) < 4.78 is 5.51. The summed E-state index contributed by atoms with van der Waals surface area (Å²) in [5, 5.41) is 19.0. The average Bonchev–Trinajstić information content (AvgIpc) is 2.39. The predicted octanol–water partition coefficient (Wildman–Crippen LogP) is 5.27. The maximum atomic E-state index is 9.52. The van der Waals surface area contributed by atoms with Gasteiger partial charge in [-0.1, -0.05) is 75.7 Å². The molecule has 148 valence electrons. The van der Waals surface area contributed by atoms with E-state index in [1.54, 1.807) is 0 Å². The quantitative estimate of drug-likeness (QED) is 0.702. The lowest BCUT2D eigenvalue weighted by atomic mass is 9.66. The smallest absolute Gasteiger partial charge is 0.512 e. The van der Waals surface area contributed by atoms with Crippen molar-refractivity contribution < 1.29 is 14.7 Å². The highest BCUT2D eigenvalue weighted by Gasteiger charge is 2.36. The van der Waals surface area contributed by atoms with Crippen molar-refractivity contribution in [1.29, 1.82) is 0 Å². The summed E-state index contributed by atoms with van der Waals surface area (Å²) >= 11 is 0. The highest BCUT2D eigenvalue weighted by atomic mass is 16.6. The molecule has 0 unspecified atom stereocenters. The van der Waals surface area contributed by atoms with Gasteiger partial charge in [-0.15, -0.1) is 0 Å². The monoisotopic (exact) mass is 362 g/mol. The number of rotatable bonds is 5. The van der Waals surface area contributed by atoms with Gasteiger partial charge in [-0.2, -0.15) is 0 Å². The molecule has 0 aliphatic rings. The first kappa shape index (κ1) is 23.0. The van der Waals surface area contributed by atoms with E-state index in [4.69, 9.17) is 4.65 Å². The molecule has 1 aromatic carbocycles. The molecule has 0 aliphatic heterocycles. The van der Waals surface area contributed by atoms with Crippen molar-refractivity contribution in [2.24, 2.45) is 0 Å². The second kappa shape index (κ2) is 7.94. The molecule has 1 aromatic rings. The molecule has 0 heterocycles. The van der Waals surface area contributed by atoms with E-state index in [1.807, 2.05) is 6.07 Å². The molecule has 0 fully saturated rings. The van der Waals surface area contributed by atoms with Crippen molar-refractivity contribution in [2.75, 3.05) is 0 Å². The Morgan fingerprint density at radius 3 is 1.62 bits per heavy atom. The zero-order chi connectivity index (χ0) is 20.5. The maximum Gasteiger partial charge on any atom is 0.707 e. The SMILES string of the molecule is CCCCc1cc(OB(O)O)c(C(C)(C)C)c(C(C)(C)C)c1C(C)(C)C. The minimum Gasteiger partial charge on any atom is -0.512 e. The van der Waals surface area contributed by atoms with Crippen LogP contribution >= 0.6 is 0 Å². The van der Waals surface area contributed by atoms with Gasteiger partial charge in [0.25, 0.3) is 0 Å². The largest absolute Gasteiger partial charge is 0.707 e. The second-order valence-electron chi connectivity index (χ2n) is 10.5. The average molecular weight is 362 g/mol. The van der Waals surface area contributed by atoms with Gasteiger partial charge in [0.05, 0.1) is 0 Å². The summed E-state index contributed by atoms with van der Waals surface area (Å²) in [6.45, 7) is 22.2. The lowest BCUT2D eigenvalue weighted by Gasteiger charge is -2.39. The Kier molecular flexibility index (Phi) is 7.04. The molecule has 4 heteroatoms. The van der Waals surface area contributed by atoms with Crippen LogP contribution in [0.4, 0.5) is 0 Å². The first-order chi connectivity index (χ1) is 11.6. The lowest BCUT2D eigenvalue weighted by molar-refractivity contribution is 0.284. The molecule has 2 N–H and O–H groups in total. The first-order valence-corrected chi connectivity index (χ1v) is 9.84. The minimum atomic E-state index is -1.82. The predicted molar refractivity (Wildman–Crippen MR) is 112 cm³/mol. The Morgan fingerprint density at radius 2 is 1.27 bits per heavy atom. The minimum absolute atomic E-state index is 0.0119. The van der Waals surface area contributed by atoms with Crippen LogP contribution in [0.5, 0.6) is 5.75 Å². The van der Waals surface area contributed by atoms with E-state index in [2.05, 4.69) is 69.2 Å². The molecule has 0 amide bonds. The molecule has 1 rings (SSSR count). The summed E-state index contributed by atoms with van der Waals surface area (Å²) in [6.07, 6.45) is 3.19. The van der Waals surface area contributed by atoms with E-state index in [9.17, 15) is 10.0 Å². The van der Waals surface area contributed by atoms with Crippen LogP contribution in [0, 0.1) is 0 Å². The molecule has 0 spiro atoms. The van der Waals surface area contributed by atoms with Crippen LogP contribution in [-0.4, -0.2) is 17.4 Å². The third-order valence-corrected chi connectivity index (χ3v) is 4.65. The molecule has 0 saturated heterocycles. The molecule has 26 heavy (non-hydrogen) atoms. The Bertz CT molecular complexity index is 614. The van der Waals surface area contributed by atoms with Crippen LogP contribution in [-0.2, 0) is 22.7 Å². The van der Waals surface area contributed by atoms with Crippen LogP contribution in [0.25, 0.3) is 0 Å². The van der Waals surface area contributed by atoms with E-state index in [0.717, 1.165) is 24.8 Å². The maximum absolute atomic E-state index is 9.52. The van der Waals surface area contributed by atoms with Gasteiger partial charge < -0.3 is 14.7 Å². The molecular formula is C22H39BO3. The van der Waals surface area contributed by atoms with Crippen LogP contribution in [0.2, 0.25) is 0 Å². The van der Waals surface area contributed by atoms with Gasteiger partial charge in [0.2, 0.25) is 0 Å². The zero-order valence-corrected chi connectivity index (χ0v) is 18.6. The number of unbranched alkanes of at least 4 members (excludes halogenated alkanes) is 1. The van der Waals surface area contributed by atoms with Gasteiger partial charge in [-0.3, -0.25) is 0 Å². The van der Waals surface area contributed by atoms with Gasteiger partial charge in [-0.05, 0) is 51.8 Å². The fourth-order valence-electron chi connectivity index (χ4n) is 3.83. The Morgan fingerprint density at radius 1 is 0.808 bits per heavy atom. The van der Waals surface area contributed by atoms with Crippen LogP contribution in [0.15, 0.2) is 6.07 Å². The van der Waals surface area contributed by atoms with Crippen molar-refractivity contribution in [3.8, 4) is 5.75 Å². The van der Waals surface area contributed by atoms with E-state index < -0.39 is 7.32 Å². The molecule has 3 nitrogen and oxygen atoms in total. The number of benzene rings is 1. The fourth-order valence-corrected chi connectivity index (χ4v) is 3.83. The number of hydrogen-bond donors (Lipinski definition) is 2. The third-order valence-electron chi connectivity index (χ3n) is 4.65. The van der Waals surface area contributed by atoms with Crippen molar-refractivity contribution in [1.82, 2.24) is 0 Å². The van der Waals surface area contributed by atoms with Gasteiger partial charge in [-0.25, -0.2) is 0 Å². The number of hydrogen-bond acceptors (Lipinski definition) is 3. The molecule has 0 radical (unpaired) electrons.